The summed E-state index contributed by atoms with van der Waals surface area (Å²) in [5.41, 5.74) is 2.38. The maximum absolute atomic E-state index is 12.2. The summed E-state index contributed by atoms with van der Waals surface area (Å²) in [5, 5.41) is 0. The Morgan fingerprint density at radius 1 is 1.26 bits per heavy atom. The lowest BCUT2D eigenvalue weighted by Crippen LogP contribution is -2.04. The normalized spacial score (nSPS) is 10.9. The van der Waals surface area contributed by atoms with Crippen molar-refractivity contribution in [2.75, 3.05) is 0 Å². The van der Waals surface area contributed by atoms with Gasteiger partial charge < -0.3 is 0 Å². The summed E-state index contributed by atoms with van der Waals surface area (Å²) < 4.78 is 0. The van der Waals surface area contributed by atoms with Crippen molar-refractivity contribution in [1.29, 1.82) is 0 Å². The molecule has 0 aliphatic heterocycles. The third-order valence-corrected chi connectivity index (χ3v) is 2.25. The molecule has 0 saturated carbocycles. The smallest absolute Gasteiger partial charge is 0.192 e. The van der Waals surface area contributed by atoms with Crippen molar-refractivity contribution in [3.8, 4) is 12.8 Å². The molecule has 0 saturated heterocycles. The van der Waals surface area contributed by atoms with E-state index in [0.717, 1.165) is 17.6 Å². The molecule has 0 amide bonds. The van der Waals surface area contributed by atoms with Gasteiger partial charge in [-0.2, -0.15) is 0 Å². The van der Waals surface area contributed by atoms with Gasteiger partial charge in [0.1, 0.15) is 0 Å². The molecular formula is C18H24O. The molecule has 1 heteroatoms. The van der Waals surface area contributed by atoms with Crippen LogP contribution in [-0.4, -0.2) is 5.78 Å². The molecule has 0 fully saturated rings. The van der Waals surface area contributed by atoms with E-state index >= 15 is 0 Å². The molecule has 0 N–H and O–H groups in total. The lowest BCUT2D eigenvalue weighted by atomic mass is 9.99. The molecule has 0 radical (unpaired) electrons. The fraction of sp³-hybridized carbons (Fsp3) is 0.278. The van der Waals surface area contributed by atoms with Gasteiger partial charge in [0.25, 0.3) is 0 Å². The zero-order valence-electron chi connectivity index (χ0n) is 12.4. The molecule has 0 rings (SSSR count). The third kappa shape index (κ3) is 7.78. The second-order valence-corrected chi connectivity index (χ2v) is 3.91. The van der Waals surface area contributed by atoms with E-state index in [1.165, 1.54) is 0 Å². The van der Waals surface area contributed by atoms with Crippen LogP contribution >= 0.6 is 0 Å². The molecule has 0 aliphatic rings. The van der Waals surface area contributed by atoms with Crippen molar-refractivity contribution in [1.82, 2.24) is 0 Å². The average Bonchev–Trinajstić information content (AvgIpc) is 2.42. The van der Waals surface area contributed by atoms with Crippen molar-refractivity contribution in [3.63, 3.8) is 0 Å². The minimum absolute atomic E-state index is 0.0267. The number of hydrogen-bond donors (Lipinski definition) is 0. The molecule has 1 nitrogen and oxygen atoms in total. The van der Waals surface area contributed by atoms with Crippen molar-refractivity contribution in [2.45, 2.75) is 34.1 Å². The molecule has 0 heterocycles. The highest BCUT2D eigenvalue weighted by atomic mass is 16.1. The summed E-state index contributed by atoms with van der Waals surface area (Å²) >= 11 is 0. The highest BCUT2D eigenvalue weighted by Gasteiger charge is 2.10. The number of hydrogen-bond acceptors (Lipinski definition) is 1. The molecule has 0 unspecified atom stereocenters. The third-order valence-electron chi connectivity index (χ3n) is 2.25. The molecule has 0 atom stereocenters. The van der Waals surface area contributed by atoms with E-state index in [-0.39, 0.29) is 5.78 Å². The fourth-order valence-corrected chi connectivity index (χ4v) is 1.34. The molecule has 102 valence electrons. The van der Waals surface area contributed by atoms with E-state index in [9.17, 15) is 4.79 Å². The van der Waals surface area contributed by atoms with E-state index < -0.39 is 0 Å². The van der Waals surface area contributed by atoms with Gasteiger partial charge in [0.05, 0.1) is 0 Å². The van der Waals surface area contributed by atoms with Crippen LogP contribution in [0.3, 0.4) is 0 Å². The van der Waals surface area contributed by atoms with E-state index in [1.54, 1.807) is 6.08 Å². The van der Waals surface area contributed by atoms with Gasteiger partial charge in [-0.15, -0.1) is 12.8 Å². The van der Waals surface area contributed by atoms with Crippen molar-refractivity contribution in [2.24, 2.45) is 0 Å². The summed E-state index contributed by atoms with van der Waals surface area (Å²) in [6.07, 6.45) is 20.0. The first-order valence-corrected chi connectivity index (χ1v) is 6.25. The Balaban J connectivity index is 0. The first-order valence-electron chi connectivity index (χ1n) is 6.25. The zero-order chi connectivity index (χ0) is 15.3. The summed E-state index contributed by atoms with van der Waals surface area (Å²) in [4.78, 5) is 12.2. The Morgan fingerprint density at radius 2 is 1.84 bits per heavy atom. The monoisotopic (exact) mass is 256 g/mol. The highest BCUT2D eigenvalue weighted by molar-refractivity contribution is 6.12. The lowest BCUT2D eigenvalue weighted by molar-refractivity contribution is -0.111. The quantitative estimate of drug-likeness (QED) is 0.379. The average molecular weight is 256 g/mol. The summed E-state index contributed by atoms with van der Waals surface area (Å²) in [6.45, 7) is 11.5. The second kappa shape index (κ2) is 12.4. The number of terminal acetylenes is 1. The van der Waals surface area contributed by atoms with Crippen molar-refractivity contribution >= 4 is 5.78 Å². The van der Waals surface area contributed by atoms with E-state index in [4.69, 9.17) is 0 Å². The van der Waals surface area contributed by atoms with Crippen LogP contribution in [0.5, 0.6) is 0 Å². The molecule has 0 aliphatic carbocycles. The number of carbonyl (C=O) groups excluding carboxylic acids is 1. The van der Waals surface area contributed by atoms with E-state index in [0.29, 0.717) is 5.57 Å². The van der Waals surface area contributed by atoms with Gasteiger partial charge in [0.2, 0.25) is 0 Å². The maximum Gasteiger partial charge on any atom is 0.192 e. The van der Waals surface area contributed by atoms with Crippen LogP contribution in [0, 0.1) is 12.8 Å². The largest absolute Gasteiger partial charge is 0.289 e. The lowest BCUT2D eigenvalue weighted by Gasteiger charge is -2.04. The molecular weight excluding hydrogens is 232 g/mol. The van der Waals surface area contributed by atoms with Gasteiger partial charge in [0.15, 0.2) is 5.78 Å². The predicted octanol–water partition coefficient (Wildman–Crippen LogP) is 4.80. The molecule has 0 aromatic heterocycles. The minimum atomic E-state index is 0.0267. The zero-order valence-corrected chi connectivity index (χ0v) is 12.4. The van der Waals surface area contributed by atoms with Crippen LogP contribution in [0.15, 0.2) is 59.8 Å². The van der Waals surface area contributed by atoms with Crippen LogP contribution in [0.1, 0.15) is 34.1 Å². The maximum atomic E-state index is 12.2. The van der Waals surface area contributed by atoms with E-state index in [1.807, 2.05) is 51.2 Å². The number of rotatable bonds is 6. The first kappa shape index (κ1) is 19.3. The highest BCUT2D eigenvalue weighted by Crippen LogP contribution is 2.13. The van der Waals surface area contributed by atoms with Gasteiger partial charge in [-0.1, -0.05) is 55.5 Å². The van der Waals surface area contributed by atoms with Gasteiger partial charge in [0, 0.05) is 11.1 Å². The van der Waals surface area contributed by atoms with Gasteiger partial charge in [-0.3, -0.25) is 4.79 Å². The topological polar surface area (TPSA) is 17.1 Å². The molecule has 0 aromatic carbocycles. The Bertz CT molecular complexity index is 422. The number of Topliss-reactive ketones (excluding diaryl/α,β-unsaturated/α-hetero) is 1. The minimum Gasteiger partial charge on any atom is -0.289 e. The summed E-state index contributed by atoms with van der Waals surface area (Å²) in [7, 11) is 0. The molecule has 19 heavy (non-hydrogen) atoms. The Labute approximate surface area is 118 Å². The van der Waals surface area contributed by atoms with Crippen LogP contribution in [0.25, 0.3) is 0 Å². The van der Waals surface area contributed by atoms with E-state index in [2.05, 4.69) is 26.3 Å². The second-order valence-electron chi connectivity index (χ2n) is 3.91. The number of ketones is 1. The number of allylic oxidation sites excluding steroid dienone is 9. The Morgan fingerprint density at radius 3 is 2.21 bits per heavy atom. The van der Waals surface area contributed by atoms with Gasteiger partial charge >= 0.3 is 0 Å². The number of carbonyl (C=O) groups is 1. The molecule has 0 bridgehead atoms. The van der Waals surface area contributed by atoms with Crippen molar-refractivity contribution in [3.05, 3.63) is 59.8 Å². The Hall–Kier alpha value is -2.07. The Kier molecular flexibility index (Phi) is 12.6. The van der Waals surface area contributed by atoms with Crippen LogP contribution in [0.4, 0.5) is 0 Å². The summed E-state index contributed by atoms with van der Waals surface area (Å²) in [6, 6.07) is 0. The first-order chi connectivity index (χ1) is 9.08. The van der Waals surface area contributed by atoms with Crippen molar-refractivity contribution < 1.29 is 4.79 Å². The van der Waals surface area contributed by atoms with Crippen LogP contribution < -0.4 is 0 Å². The standard InChI is InChI=1S/C16H22O.C2H2/c1-6-9-10-12-14(8-3)16(17)15(11-7-2)13(4)5;1-2/h7-12H,3,6H2,1-2,4-5H3;1-2H/b10-9-,11-7-,14-12+;. The summed E-state index contributed by atoms with van der Waals surface area (Å²) in [5.74, 6) is 0.0267. The molecule has 0 spiro atoms. The van der Waals surface area contributed by atoms with Crippen LogP contribution in [-0.2, 0) is 4.79 Å². The predicted molar refractivity (Wildman–Crippen MR) is 85.8 cm³/mol. The fourth-order valence-electron chi connectivity index (χ4n) is 1.34. The molecule has 0 aromatic rings. The van der Waals surface area contributed by atoms with Gasteiger partial charge in [-0.05, 0) is 27.2 Å². The SMILES string of the molecule is C#C.C=C/C(=C\C=C/CC)C(=O)C(/C=C\C)=C(C)C. The van der Waals surface area contributed by atoms with Crippen LogP contribution in [0.2, 0.25) is 0 Å². The van der Waals surface area contributed by atoms with Gasteiger partial charge in [-0.25, -0.2) is 0 Å².